The van der Waals surface area contributed by atoms with Gasteiger partial charge in [0.15, 0.2) is 0 Å². The molecule has 0 aromatic carbocycles. The molecule has 2 N–H and O–H groups in total. The fraction of sp³-hybridized carbons (Fsp3) is 1.00. The number of thioether (sulfide) groups is 1. The van der Waals surface area contributed by atoms with Crippen LogP contribution in [0.4, 0.5) is 0 Å². The summed E-state index contributed by atoms with van der Waals surface area (Å²) in [5, 5.41) is 0. The molecule has 13 heavy (non-hydrogen) atoms. The Morgan fingerprint density at radius 2 is 1.92 bits per heavy atom. The van der Waals surface area contributed by atoms with Gasteiger partial charge >= 0.3 is 0 Å². The van der Waals surface area contributed by atoms with Gasteiger partial charge < -0.3 is 10.6 Å². The largest absolute Gasteiger partial charge is 0.326 e. The van der Waals surface area contributed by atoms with Crippen molar-refractivity contribution < 1.29 is 0 Å². The van der Waals surface area contributed by atoms with Crippen LogP contribution in [0.25, 0.3) is 0 Å². The van der Waals surface area contributed by atoms with Crippen LogP contribution < -0.4 is 5.73 Å². The van der Waals surface area contributed by atoms with Gasteiger partial charge in [-0.3, -0.25) is 0 Å². The minimum atomic E-state index is 0.000344. The Bertz CT molecular complexity index is 121. The molecule has 0 unspecified atom stereocenters. The molecule has 80 valence electrons. The summed E-state index contributed by atoms with van der Waals surface area (Å²) in [6, 6.07) is 0. The predicted octanol–water partition coefficient (Wildman–Crippen LogP) is 1.80. The first kappa shape index (κ1) is 13.3. The zero-order valence-corrected chi connectivity index (χ0v) is 10.3. The summed E-state index contributed by atoms with van der Waals surface area (Å²) in [5.74, 6) is 1.22. The molecule has 0 rings (SSSR count). The number of hydrogen-bond donors (Lipinski definition) is 1. The molecule has 0 fully saturated rings. The van der Waals surface area contributed by atoms with Crippen LogP contribution >= 0.6 is 11.8 Å². The Hall–Kier alpha value is 0.270. The maximum Gasteiger partial charge on any atom is 0.00975 e. The predicted molar refractivity (Wildman–Crippen MR) is 63.4 cm³/mol. The van der Waals surface area contributed by atoms with E-state index >= 15 is 0 Å². The number of nitrogens with zero attached hydrogens (tertiary/aromatic N) is 1. The van der Waals surface area contributed by atoms with Crippen LogP contribution in [-0.2, 0) is 0 Å². The highest BCUT2D eigenvalue weighted by Crippen LogP contribution is 2.07. The fourth-order valence-corrected chi connectivity index (χ4v) is 1.66. The molecule has 0 aromatic heterocycles. The lowest BCUT2D eigenvalue weighted by atomic mass is 10.0. The van der Waals surface area contributed by atoms with Crippen LogP contribution in [0.1, 0.15) is 26.7 Å². The Morgan fingerprint density at radius 3 is 2.38 bits per heavy atom. The van der Waals surface area contributed by atoms with E-state index in [-0.39, 0.29) is 5.54 Å². The van der Waals surface area contributed by atoms with Crippen molar-refractivity contribution in [3.63, 3.8) is 0 Å². The van der Waals surface area contributed by atoms with E-state index in [1.165, 1.54) is 25.3 Å². The summed E-state index contributed by atoms with van der Waals surface area (Å²) >= 11 is 1.90. The molecule has 0 aliphatic heterocycles. The summed E-state index contributed by atoms with van der Waals surface area (Å²) in [6.07, 6.45) is 4.46. The van der Waals surface area contributed by atoms with Crippen molar-refractivity contribution in [2.45, 2.75) is 32.2 Å². The van der Waals surface area contributed by atoms with Gasteiger partial charge in [-0.25, -0.2) is 0 Å². The summed E-state index contributed by atoms with van der Waals surface area (Å²) in [6.45, 7) is 6.54. The van der Waals surface area contributed by atoms with Gasteiger partial charge in [-0.15, -0.1) is 0 Å². The first-order chi connectivity index (χ1) is 5.95. The topological polar surface area (TPSA) is 29.3 Å². The number of hydrogen-bond acceptors (Lipinski definition) is 3. The zero-order valence-electron chi connectivity index (χ0n) is 9.47. The van der Waals surface area contributed by atoms with E-state index in [0.717, 1.165) is 6.42 Å². The molecule has 0 heterocycles. The monoisotopic (exact) mass is 204 g/mol. The molecular formula is C10H24N2S. The van der Waals surface area contributed by atoms with Crippen molar-refractivity contribution in [1.82, 2.24) is 4.90 Å². The summed E-state index contributed by atoms with van der Waals surface area (Å²) in [4.78, 5) is 2.38. The first-order valence-corrected chi connectivity index (χ1v) is 6.31. The van der Waals surface area contributed by atoms with E-state index in [9.17, 15) is 0 Å². The van der Waals surface area contributed by atoms with E-state index in [1.807, 2.05) is 11.8 Å². The van der Waals surface area contributed by atoms with Crippen LogP contribution in [0.15, 0.2) is 0 Å². The van der Waals surface area contributed by atoms with Crippen LogP contribution in [0.5, 0.6) is 0 Å². The molecule has 0 amide bonds. The van der Waals surface area contributed by atoms with Crippen molar-refractivity contribution in [3.8, 4) is 0 Å². The van der Waals surface area contributed by atoms with E-state index in [2.05, 4.69) is 32.1 Å². The van der Waals surface area contributed by atoms with Crippen molar-refractivity contribution in [2.75, 3.05) is 32.1 Å². The smallest absolute Gasteiger partial charge is 0.00975 e. The summed E-state index contributed by atoms with van der Waals surface area (Å²) in [5.41, 5.74) is 5.90. The Balaban J connectivity index is 3.31. The lowest BCUT2D eigenvalue weighted by Gasteiger charge is -2.21. The van der Waals surface area contributed by atoms with Gasteiger partial charge in [-0.05, 0) is 46.5 Å². The highest BCUT2D eigenvalue weighted by molar-refractivity contribution is 7.98. The highest BCUT2D eigenvalue weighted by atomic mass is 32.2. The number of rotatable bonds is 7. The quantitative estimate of drug-likeness (QED) is 0.686. The molecule has 0 radical (unpaired) electrons. The van der Waals surface area contributed by atoms with Crippen molar-refractivity contribution in [2.24, 2.45) is 5.73 Å². The Labute approximate surface area is 87.2 Å². The molecule has 0 aliphatic carbocycles. The van der Waals surface area contributed by atoms with Gasteiger partial charge in [0.25, 0.3) is 0 Å². The third-order valence-electron chi connectivity index (χ3n) is 2.04. The van der Waals surface area contributed by atoms with Gasteiger partial charge in [0.05, 0.1) is 0 Å². The van der Waals surface area contributed by atoms with Crippen LogP contribution in [-0.4, -0.2) is 42.6 Å². The lowest BCUT2D eigenvalue weighted by molar-refractivity contribution is 0.325. The second-order valence-electron chi connectivity index (χ2n) is 4.39. The van der Waals surface area contributed by atoms with E-state index in [4.69, 9.17) is 5.73 Å². The highest BCUT2D eigenvalue weighted by Gasteiger charge is 2.09. The normalized spacial score (nSPS) is 12.5. The minimum Gasteiger partial charge on any atom is -0.326 e. The average molecular weight is 204 g/mol. The van der Waals surface area contributed by atoms with E-state index in [0.29, 0.717) is 0 Å². The first-order valence-electron chi connectivity index (χ1n) is 4.92. The SMILES string of the molecule is CSCCN(C)CCCC(C)(C)N. The van der Waals surface area contributed by atoms with E-state index in [1.54, 1.807) is 0 Å². The molecule has 0 spiro atoms. The van der Waals surface area contributed by atoms with Gasteiger partial charge in [-0.2, -0.15) is 11.8 Å². The third-order valence-corrected chi connectivity index (χ3v) is 2.63. The third kappa shape index (κ3) is 10.2. The molecule has 3 heteroatoms. The van der Waals surface area contributed by atoms with Crippen molar-refractivity contribution in [1.29, 1.82) is 0 Å². The zero-order chi connectivity index (χ0) is 10.3. The molecule has 2 nitrogen and oxygen atoms in total. The number of nitrogens with two attached hydrogens (primary N) is 1. The van der Waals surface area contributed by atoms with Crippen molar-refractivity contribution in [3.05, 3.63) is 0 Å². The summed E-state index contributed by atoms with van der Waals surface area (Å²) in [7, 11) is 2.18. The molecule has 0 saturated heterocycles. The van der Waals surface area contributed by atoms with Gasteiger partial charge in [-0.1, -0.05) is 0 Å². The van der Waals surface area contributed by atoms with Gasteiger partial charge in [0, 0.05) is 17.8 Å². The molecule has 0 bridgehead atoms. The molecular weight excluding hydrogens is 180 g/mol. The van der Waals surface area contributed by atoms with Crippen molar-refractivity contribution >= 4 is 11.8 Å². The molecule has 0 aliphatic rings. The molecule has 0 aromatic rings. The van der Waals surface area contributed by atoms with E-state index < -0.39 is 0 Å². The standard InChI is InChI=1S/C10H24N2S/c1-10(2,11)6-5-7-12(3)8-9-13-4/h5-9,11H2,1-4H3. The van der Waals surface area contributed by atoms with Gasteiger partial charge in [0.2, 0.25) is 0 Å². The summed E-state index contributed by atoms with van der Waals surface area (Å²) < 4.78 is 0. The molecule has 0 atom stereocenters. The maximum atomic E-state index is 5.90. The second-order valence-corrected chi connectivity index (χ2v) is 5.37. The fourth-order valence-electron chi connectivity index (χ4n) is 1.16. The molecule has 0 saturated carbocycles. The average Bonchev–Trinajstić information content (AvgIpc) is 1.98. The minimum absolute atomic E-state index is 0.000344. The van der Waals surface area contributed by atoms with Gasteiger partial charge in [0.1, 0.15) is 0 Å². The Morgan fingerprint density at radius 1 is 1.31 bits per heavy atom. The van der Waals surface area contributed by atoms with Crippen LogP contribution in [0.3, 0.4) is 0 Å². The second kappa shape index (κ2) is 6.68. The lowest BCUT2D eigenvalue weighted by Crippen LogP contribution is -2.33. The maximum absolute atomic E-state index is 5.90. The Kier molecular flexibility index (Phi) is 6.82. The van der Waals surface area contributed by atoms with Crippen LogP contribution in [0.2, 0.25) is 0 Å². The van der Waals surface area contributed by atoms with Crippen LogP contribution in [0, 0.1) is 0 Å².